The molecule has 16 heteroatoms. The van der Waals surface area contributed by atoms with E-state index >= 15 is 0 Å². The van der Waals surface area contributed by atoms with E-state index in [-0.39, 0.29) is 5.41 Å². The zero-order valence-corrected chi connectivity index (χ0v) is 36.9. The summed E-state index contributed by atoms with van der Waals surface area (Å²) in [5, 5.41) is 4.93. The van der Waals surface area contributed by atoms with Gasteiger partial charge in [-0.3, -0.25) is 0 Å². The van der Waals surface area contributed by atoms with Crippen molar-refractivity contribution in [2.75, 3.05) is 0 Å². The van der Waals surface area contributed by atoms with Gasteiger partial charge >= 0.3 is 344 Å². The van der Waals surface area contributed by atoms with Crippen molar-refractivity contribution in [2.24, 2.45) is 0 Å². The molecular weight excluding hydrogens is 648 g/mol. The van der Waals surface area contributed by atoms with Gasteiger partial charge in [-0.2, -0.15) is 0 Å². The molecule has 0 N–H and O–H groups in total. The number of imidazole rings is 1. The molecule has 2 nitrogen and oxygen atoms in total. The van der Waals surface area contributed by atoms with Crippen molar-refractivity contribution in [3.05, 3.63) is 84.6 Å². The number of hydrogen-bond donors (Lipinski definition) is 0. The van der Waals surface area contributed by atoms with Gasteiger partial charge in [0.2, 0.25) is 0 Å². The van der Waals surface area contributed by atoms with Crippen LogP contribution < -0.4 is 48.9 Å². The SMILES string of the molecule is B=c1c(C/C(B)=C2\C(=C(\B)C#C)c3c(B)c(B)c(B)c(B)c3C2(C)C)c2c(B)c(B)c(B)c(B)c2c(-n2c(CC)nc3ccccc32)/c1=C(B)/C(B)=C(/B)C. The van der Waals surface area contributed by atoms with Gasteiger partial charge in [0.05, 0.1) is 0 Å². The number of rotatable bonds is 5. The van der Waals surface area contributed by atoms with Crippen LogP contribution in [0.25, 0.3) is 38.5 Å². The van der Waals surface area contributed by atoms with Crippen molar-refractivity contribution in [1.82, 2.24) is 9.55 Å². The monoisotopic (exact) mass is 699 g/mol. The molecule has 0 bridgehead atoms. The van der Waals surface area contributed by atoms with E-state index in [0.717, 1.165) is 40.3 Å². The summed E-state index contributed by atoms with van der Waals surface area (Å²) in [5.74, 6) is 4.16. The fraction of sp³-hybridized carbons (Fsp3) is 0.179. The van der Waals surface area contributed by atoms with Crippen LogP contribution in [0.5, 0.6) is 0 Å². The van der Waals surface area contributed by atoms with Crippen LogP contribution in [-0.2, 0) is 18.3 Å². The van der Waals surface area contributed by atoms with Gasteiger partial charge in [0.1, 0.15) is 0 Å². The first-order chi connectivity index (χ1) is 25.8. The van der Waals surface area contributed by atoms with Gasteiger partial charge in [-0.15, -0.1) is 0 Å². The average molecular weight is 696 g/mol. The van der Waals surface area contributed by atoms with E-state index in [2.05, 4.69) is 164 Å². The molecule has 5 aromatic rings. The maximum absolute atomic E-state index is 6.31. The third-order valence-corrected chi connectivity index (χ3v) is 13.9. The fourth-order valence-electron chi connectivity index (χ4n) is 10.0. The second kappa shape index (κ2) is 14.6. The Morgan fingerprint density at radius 2 is 1.38 bits per heavy atom. The molecular formula is C39H48B14N2. The van der Waals surface area contributed by atoms with Gasteiger partial charge in [0, 0.05) is 0 Å². The van der Waals surface area contributed by atoms with E-state index in [0.29, 0.717) is 0 Å². The van der Waals surface area contributed by atoms with E-state index < -0.39 is 0 Å². The van der Waals surface area contributed by atoms with Gasteiger partial charge in [0.25, 0.3) is 0 Å². The summed E-state index contributed by atoms with van der Waals surface area (Å²) in [6.45, 7) is 9.27. The predicted molar refractivity (Wildman–Crippen MR) is 284 cm³/mol. The first kappa shape index (κ1) is 40.8. The van der Waals surface area contributed by atoms with Crippen LogP contribution >= 0.6 is 0 Å². The van der Waals surface area contributed by atoms with Crippen LogP contribution in [0, 0.1) is 17.5 Å². The Morgan fingerprint density at radius 3 is 1.96 bits per heavy atom. The molecule has 0 unspecified atom stereocenters. The van der Waals surface area contributed by atoms with Gasteiger partial charge in [-0.05, 0) is 0 Å². The molecule has 1 aromatic heterocycles. The van der Waals surface area contributed by atoms with E-state index in [1.165, 1.54) is 115 Å². The van der Waals surface area contributed by atoms with Crippen LogP contribution in [0.4, 0.5) is 0 Å². The zero-order chi connectivity index (χ0) is 40.7. The fourth-order valence-corrected chi connectivity index (χ4v) is 10.0. The molecule has 0 saturated heterocycles. The molecule has 1 aliphatic carbocycles. The Balaban J connectivity index is 1.88. The van der Waals surface area contributed by atoms with Crippen molar-refractivity contribution in [1.29, 1.82) is 0 Å². The Kier molecular flexibility index (Phi) is 10.8. The van der Waals surface area contributed by atoms with Crippen LogP contribution in [0.2, 0.25) is 0 Å². The molecule has 0 atom stereocenters. The van der Waals surface area contributed by atoms with Crippen LogP contribution in [0.1, 0.15) is 50.2 Å². The Hall–Kier alpha value is -3.83. The van der Waals surface area contributed by atoms with Crippen molar-refractivity contribution >= 4 is 186 Å². The molecule has 0 radical (unpaired) electrons. The number of aromatic nitrogens is 2. The normalized spacial score (nSPS) is 16.5. The Morgan fingerprint density at radius 1 is 0.818 bits per heavy atom. The molecule has 0 amide bonds. The van der Waals surface area contributed by atoms with Gasteiger partial charge in [-0.1, -0.05) is 0 Å². The molecule has 0 spiro atoms. The average Bonchev–Trinajstić information content (AvgIpc) is 3.65. The molecule has 256 valence electrons. The standard InChI is InChI=1S/C39H48B14N2/c1-6-15(41)21-22-26(33(49)37(53)35(51)30(22)46)39(4,5)25(21)16(42)12-14-20-23(31(47)36(52)34(50)29(20)45)38(24(28(14)44)32(48)27(43)13(3)40)55-18-11-9-8-10-17(18)54-19(55)7-2/h1,8-11,44H,7,12,40-43,45-53H2,2-5H3/b21-15+,25-16-,27-13-,32-24-. The molecule has 0 saturated carbocycles. The summed E-state index contributed by atoms with van der Waals surface area (Å²) in [6.07, 6.45) is 7.89. The quantitative estimate of drug-likeness (QED) is 0.132. The summed E-state index contributed by atoms with van der Waals surface area (Å²) in [7, 11) is 34.8. The summed E-state index contributed by atoms with van der Waals surface area (Å²) < 4.78 is 2.46. The molecule has 4 aromatic carbocycles. The molecule has 0 aliphatic heterocycles. The summed E-state index contributed by atoms with van der Waals surface area (Å²) >= 11 is 0. The van der Waals surface area contributed by atoms with Gasteiger partial charge in [-0.25, -0.2) is 0 Å². The minimum atomic E-state index is -0.232. The van der Waals surface area contributed by atoms with E-state index in [9.17, 15) is 0 Å². The van der Waals surface area contributed by atoms with E-state index in [1.807, 2.05) is 0 Å². The van der Waals surface area contributed by atoms with Crippen LogP contribution in [0.3, 0.4) is 0 Å². The number of allylic oxidation sites excluding steroid dienone is 6. The first-order valence-corrected chi connectivity index (χ1v) is 20.1. The van der Waals surface area contributed by atoms with Crippen LogP contribution in [0.15, 0.2) is 51.7 Å². The Bertz CT molecular complexity index is 2810. The molecule has 6 rings (SSSR count). The molecule has 1 aliphatic rings. The number of fused-ring (bicyclic) bond motifs is 3. The molecule has 1 heterocycles. The summed E-state index contributed by atoms with van der Waals surface area (Å²) in [5.41, 5.74) is 26.8. The number of para-hydroxylation sites is 2. The molecule has 55 heavy (non-hydrogen) atoms. The summed E-state index contributed by atoms with van der Waals surface area (Å²) in [6, 6.07) is 8.60. The van der Waals surface area contributed by atoms with Gasteiger partial charge < -0.3 is 0 Å². The number of aryl methyl sites for hydroxylation is 1. The third-order valence-electron chi connectivity index (χ3n) is 13.9. The predicted octanol–water partition coefficient (Wildman–Crippen LogP) is -11.4. The third kappa shape index (κ3) is 6.01. The summed E-state index contributed by atoms with van der Waals surface area (Å²) in [4.78, 5) is 5.23. The Labute approximate surface area is 342 Å². The number of benzene rings is 4. The van der Waals surface area contributed by atoms with Crippen molar-refractivity contribution in [3.8, 4) is 18.0 Å². The van der Waals surface area contributed by atoms with Crippen molar-refractivity contribution in [2.45, 2.75) is 46.0 Å². The minimum absolute atomic E-state index is 0.232. The zero-order valence-electron chi connectivity index (χ0n) is 36.9. The van der Waals surface area contributed by atoms with E-state index in [4.69, 9.17) is 18.9 Å². The number of hydrogen-bond acceptors (Lipinski definition) is 1. The van der Waals surface area contributed by atoms with Gasteiger partial charge in [0.15, 0.2) is 0 Å². The van der Waals surface area contributed by atoms with Crippen molar-refractivity contribution < 1.29 is 0 Å². The maximum atomic E-state index is 6.31. The molecule has 0 fully saturated rings. The topological polar surface area (TPSA) is 17.8 Å². The first-order valence-electron chi connectivity index (χ1n) is 20.1. The second-order valence-corrected chi connectivity index (χ2v) is 17.2. The number of nitrogens with zero attached hydrogens (tertiary/aromatic N) is 2. The number of terminal acetylenes is 1. The van der Waals surface area contributed by atoms with Crippen LogP contribution in [-0.4, -0.2) is 119 Å². The van der Waals surface area contributed by atoms with E-state index in [1.54, 1.807) is 0 Å². The second-order valence-electron chi connectivity index (χ2n) is 17.2. The van der Waals surface area contributed by atoms with Crippen molar-refractivity contribution in [3.63, 3.8) is 0 Å².